The predicted octanol–water partition coefficient (Wildman–Crippen LogP) is 3.05. The quantitative estimate of drug-likeness (QED) is 0.815. The second-order valence-corrected chi connectivity index (χ2v) is 8.05. The Morgan fingerprint density at radius 2 is 1.71 bits per heavy atom. The summed E-state index contributed by atoms with van der Waals surface area (Å²) in [5.74, 6) is 0.943. The van der Waals surface area contributed by atoms with Gasteiger partial charge in [0, 0.05) is 39.3 Å². The van der Waals surface area contributed by atoms with Crippen LogP contribution in [0, 0.1) is 11.3 Å². The van der Waals surface area contributed by atoms with Crippen molar-refractivity contribution >= 4 is 0 Å². The first-order valence-corrected chi connectivity index (χ1v) is 9.18. The fraction of sp³-hybridized carbons (Fsp3) is 1.00. The van der Waals surface area contributed by atoms with Crippen LogP contribution in [-0.2, 0) is 4.74 Å². The van der Waals surface area contributed by atoms with Crippen molar-refractivity contribution in [3.05, 3.63) is 0 Å². The minimum Gasteiger partial charge on any atom is -0.381 e. The minimum atomic E-state index is 0.508. The average Bonchev–Trinajstić information content (AvgIpc) is 3.33. The van der Waals surface area contributed by atoms with Crippen LogP contribution in [0.25, 0.3) is 0 Å². The fourth-order valence-electron chi connectivity index (χ4n) is 4.19. The van der Waals surface area contributed by atoms with E-state index in [2.05, 4.69) is 17.1 Å². The molecule has 1 heterocycles. The van der Waals surface area contributed by atoms with E-state index in [9.17, 15) is 0 Å². The van der Waals surface area contributed by atoms with Crippen LogP contribution in [0.2, 0.25) is 0 Å². The Morgan fingerprint density at radius 3 is 2.29 bits per heavy atom. The lowest BCUT2D eigenvalue weighted by Crippen LogP contribution is -2.49. The molecule has 0 unspecified atom stereocenters. The summed E-state index contributed by atoms with van der Waals surface area (Å²) < 4.78 is 5.52. The topological polar surface area (TPSA) is 24.5 Å². The van der Waals surface area contributed by atoms with Crippen LogP contribution in [0.15, 0.2) is 0 Å². The number of methoxy groups -OCH3 is 1. The first kappa shape index (κ1) is 15.8. The summed E-state index contributed by atoms with van der Waals surface area (Å²) in [6.45, 7) is 7.48. The molecule has 2 saturated carbocycles. The van der Waals surface area contributed by atoms with E-state index >= 15 is 0 Å². The summed E-state index contributed by atoms with van der Waals surface area (Å²) in [6.07, 6.45) is 11.5. The van der Waals surface area contributed by atoms with Gasteiger partial charge in [0.1, 0.15) is 0 Å². The molecule has 1 aliphatic heterocycles. The zero-order valence-electron chi connectivity index (χ0n) is 14.1. The van der Waals surface area contributed by atoms with E-state index in [0.717, 1.165) is 12.0 Å². The van der Waals surface area contributed by atoms with Crippen LogP contribution in [0.5, 0.6) is 0 Å². The maximum absolute atomic E-state index is 5.52. The van der Waals surface area contributed by atoms with Crippen molar-refractivity contribution in [1.29, 1.82) is 0 Å². The Labute approximate surface area is 130 Å². The van der Waals surface area contributed by atoms with E-state index in [1.165, 1.54) is 77.5 Å². The number of hydrogen-bond donors (Lipinski definition) is 1. The molecule has 0 bridgehead atoms. The zero-order chi connectivity index (χ0) is 14.7. The van der Waals surface area contributed by atoms with Crippen LogP contribution in [-0.4, -0.2) is 50.3 Å². The molecule has 3 heteroatoms. The highest BCUT2D eigenvalue weighted by Crippen LogP contribution is 2.40. The second kappa shape index (κ2) is 6.97. The van der Waals surface area contributed by atoms with E-state index < -0.39 is 0 Å². The molecule has 3 rings (SSSR count). The highest BCUT2D eigenvalue weighted by Gasteiger charge is 2.37. The van der Waals surface area contributed by atoms with Crippen LogP contribution < -0.4 is 5.32 Å². The van der Waals surface area contributed by atoms with Crippen LogP contribution in [0.3, 0.4) is 0 Å². The maximum Gasteiger partial charge on any atom is 0.0595 e. The number of likely N-dealkylation sites (tertiary alicyclic amines) is 1. The number of piperidine rings is 1. The van der Waals surface area contributed by atoms with Gasteiger partial charge in [0.05, 0.1) is 6.10 Å². The van der Waals surface area contributed by atoms with Gasteiger partial charge in [-0.15, -0.1) is 0 Å². The Bertz CT molecular complexity index is 313. The van der Waals surface area contributed by atoms with Crippen molar-refractivity contribution in [3.8, 4) is 0 Å². The van der Waals surface area contributed by atoms with Crippen molar-refractivity contribution in [3.63, 3.8) is 0 Å². The van der Waals surface area contributed by atoms with Gasteiger partial charge >= 0.3 is 0 Å². The molecule has 0 amide bonds. The zero-order valence-corrected chi connectivity index (χ0v) is 14.1. The van der Waals surface area contributed by atoms with Gasteiger partial charge in [-0.1, -0.05) is 19.8 Å². The molecule has 0 aromatic rings. The van der Waals surface area contributed by atoms with E-state index in [1.54, 1.807) is 0 Å². The van der Waals surface area contributed by atoms with Gasteiger partial charge in [0.15, 0.2) is 0 Å². The largest absolute Gasteiger partial charge is 0.381 e. The van der Waals surface area contributed by atoms with Crippen molar-refractivity contribution in [2.75, 3.05) is 33.3 Å². The van der Waals surface area contributed by atoms with Crippen LogP contribution in [0.4, 0.5) is 0 Å². The lowest BCUT2D eigenvalue weighted by molar-refractivity contribution is 0.0155. The SMILES string of the molecule is COC1CCN(CC2(CNC3CC3)CCC(C)CC2)CC1. The van der Waals surface area contributed by atoms with Crippen molar-refractivity contribution in [2.24, 2.45) is 11.3 Å². The Hall–Kier alpha value is -0.120. The Kier molecular flexibility index (Phi) is 5.23. The van der Waals surface area contributed by atoms with Gasteiger partial charge in [-0.3, -0.25) is 0 Å². The summed E-state index contributed by atoms with van der Waals surface area (Å²) in [6, 6.07) is 0.848. The summed E-state index contributed by atoms with van der Waals surface area (Å²) in [5, 5.41) is 3.84. The molecular formula is C18H34N2O. The molecule has 3 nitrogen and oxygen atoms in total. The third kappa shape index (κ3) is 4.43. The number of nitrogens with zero attached hydrogens (tertiary/aromatic N) is 1. The van der Waals surface area contributed by atoms with Crippen molar-refractivity contribution in [1.82, 2.24) is 10.2 Å². The van der Waals surface area contributed by atoms with Gasteiger partial charge in [-0.2, -0.15) is 0 Å². The van der Waals surface area contributed by atoms with Gasteiger partial charge in [-0.05, 0) is 49.9 Å². The molecule has 0 aromatic heterocycles. The van der Waals surface area contributed by atoms with Gasteiger partial charge in [-0.25, -0.2) is 0 Å². The number of rotatable bonds is 6. The summed E-state index contributed by atoms with van der Waals surface area (Å²) in [5.41, 5.74) is 0.551. The highest BCUT2D eigenvalue weighted by atomic mass is 16.5. The first-order valence-electron chi connectivity index (χ1n) is 9.18. The molecule has 0 atom stereocenters. The number of ether oxygens (including phenoxy) is 1. The molecule has 0 radical (unpaired) electrons. The normalized spacial score (nSPS) is 36.0. The summed E-state index contributed by atoms with van der Waals surface area (Å²) in [7, 11) is 1.86. The molecule has 1 saturated heterocycles. The Balaban J connectivity index is 1.53. The first-order chi connectivity index (χ1) is 10.2. The number of nitrogens with one attached hydrogen (secondary N) is 1. The minimum absolute atomic E-state index is 0.508. The number of hydrogen-bond acceptors (Lipinski definition) is 3. The monoisotopic (exact) mass is 294 g/mol. The molecule has 2 aliphatic carbocycles. The summed E-state index contributed by atoms with van der Waals surface area (Å²) in [4.78, 5) is 2.72. The second-order valence-electron chi connectivity index (χ2n) is 8.05. The molecular weight excluding hydrogens is 260 g/mol. The third-order valence-electron chi connectivity index (χ3n) is 6.10. The predicted molar refractivity (Wildman–Crippen MR) is 87.6 cm³/mol. The molecule has 1 N–H and O–H groups in total. The van der Waals surface area contributed by atoms with E-state index in [-0.39, 0.29) is 0 Å². The molecule has 0 aromatic carbocycles. The van der Waals surface area contributed by atoms with Gasteiger partial charge in [0.2, 0.25) is 0 Å². The van der Waals surface area contributed by atoms with E-state index in [1.807, 2.05) is 7.11 Å². The van der Waals surface area contributed by atoms with Crippen LogP contribution in [0.1, 0.15) is 58.3 Å². The summed E-state index contributed by atoms with van der Waals surface area (Å²) >= 11 is 0. The molecule has 122 valence electrons. The van der Waals surface area contributed by atoms with E-state index in [0.29, 0.717) is 11.5 Å². The maximum atomic E-state index is 5.52. The highest BCUT2D eigenvalue weighted by molar-refractivity contribution is 4.93. The Morgan fingerprint density at radius 1 is 1.05 bits per heavy atom. The third-order valence-corrected chi connectivity index (χ3v) is 6.10. The molecule has 3 fully saturated rings. The smallest absolute Gasteiger partial charge is 0.0595 e. The average molecular weight is 294 g/mol. The molecule has 21 heavy (non-hydrogen) atoms. The lowest BCUT2D eigenvalue weighted by Gasteiger charge is -2.44. The van der Waals surface area contributed by atoms with Crippen molar-refractivity contribution in [2.45, 2.75) is 70.4 Å². The van der Waals surface area contributed by atoms with Crippen molar-refractivity contribution < 1.29 is 4.74 Å². The molecule has 3 aliphatic rings. The lowest BCUT2D eigenvalue weighted by atomic mass is 9.70. The van der Waals surface area contributed by atoms with Crippen LogP contribution >= 0.6 is 0 Å². The fourth-order valence-corrected chi connectivity index (χ4v) is 4.19. The van der Waals surface area contributed by atoms with Gasteiger partial charge in [0.25, 0.3) is 0 Å². The molecule has 0 spiro atoms. The van der Waals surface area contributed by atoms with E-state index in [4.69, 9.17) is 4.74 Å². The van der Waals surface area contributed by atoms with Gasteiger partial charge < -0.3 is 15.0 Å². The standard InChI is InChI=1S/C18H34N2O/c1-15-5-9-18(10-6-15,13-19-16-3-4-16)14-20-11-7-17(21-2)8-12-20/h15-17,19H,3-14H2,1-2H3.